The largest absolute Gasteiger partial charge is 0.460 e. The minimum absolute atomic E-state index is 0.120. The summed E-state index contributed by atoms with van der Waals surface area (Å²) in [6, 6.07) is 7.32. The molecule has 1 fully saturated rings. The molecule has 0 radical (unpaired) electrons. The van der Waals surface area contributed by atoms with Crippen molar-refractivity contribution < 1.29 is 9.53 Å². The van der Waals surface area contributed by atoms with Gasteiger partial charge in [0.1, 0.15) is 6.61 Å². The van der Waals surface area contributed by atoms with E-state index < -0.39 is 0 Å². The van der Waals surface area contributed by atoms with Crippen LogP contribution in [0, 0.1) is 5.41 Å². The van der Waals surface area contributed by atoms with Gasteiger partial charge in [-0.05, 0) is 37.5 Å². The lowest BCUT2D eigenvalue weighted by atomic mass is 10.1. The van der Waals surface area contributed by atoms with Crippen LogP contribution in [0.4, 0.5) is 0 Å². The fourth-order valence-electron chi connectivity index (χ4n) is 1.77. The molecule has 0 amide bonds. The second-order valence-corrected chi connectivity index (χ2v) is 4.80. The molecule has 1 aliphatic carbocycles. The van der Waals surface area contributed by atoms with Crippen LogP contribution in [-0.4, -0.2) is 5.97 Å². The monoisotopic (exact) mass is 250 g/mol. The lowest BCUT2D eigenvalue weighted by Crippen LogP contribution is -2.16. The molecule has 17 heavy (non-hydrogen) atoms. The molecule has 0 spiro atoms. The minimum atomic E-state index is -0.332. The molecule has 2 rings (SSSR count). The maximum atomic E-state index is 11.9. The molecule has 0 aliphatic heterocycles. The first-order chi connectivity index (χ1) is 8.16. The fraction of sp³-hybridized carbons (Fsp3) is 0.357. The Hall–Kier alpha value is -1.28. The highest BCUT2D eigenvalue weighted by Gasteiger charge is 2.48. The first kappa shape index (κ1) is 12.2. The lowest BCUT2D eigenvalue weighted by Gasteiger charge is -2.10. The molecule has 0 atom stereocenters. The van der Waals surface area contributed by atoms with Gasteiger partial charge in [-0.15, -0.1) is 0 Å². The summed E-state index contributed by atoms with van der Waals surface area (Å²) in [6.45, 7) is 2.24. The molecule has 1 aromatic carbocycles. The van der Waals surface area contributed by atoms with Gasteiger partial charge < -0.3 is 4.74 Å². The number of ether oxygens (including phenoxy) is 1. The average molecular weight is 251 g/mol. The highest BCUT2D eigenvalue weighted by Crippen LogP contribution is 2.48. The number of allylic oxidation sites excluding steroid dienone is 1. The van der Waals surface area contributed by atoms with Gasteiger partial charge in [0.25, 0.3) is 0 Å². The van der Waals surface area contributed by atoms with Crippen molar-refractivity contribution in [2.24, 2.45) is 5.41 Å². The van der Waals surface area contributed by atoms with Crippen LogP contribution >= 0.6 is 11.6 Å². The van der Waals surface area contributed by atoms with E-state index >= 15 is 0 Å². The summed E-state index contributed by atoms with van der Waals surface area (Å²) in [5.41, 5.74) is 0.625. The van der Waals surface area contributed by atoms with Crippen LogP contribution in [-0.2, 0) is 16.1 Å². The number of rotatable bonds is 4. The van der Waals surface area contributed by atoms with Crippen molar-refractivity contribution in [3.8, 4) is 0 Å². The Morgan fingerprint density at radius 3 is 2.59 bits per heavy atom. The van der Waals surface area contributed by atoms with E-state index in [0.29, 0.717) is 11.6 Å². The van der Waals surface area contributed by atoms with Crippen LogP contribution in [0.25, 0.3) is 0 Å². The molecule has 1 aromatic rings. The zero-order chi connectivity index (χ0) is 12.3. The molecular formula is C14H15ClO2. The molecule has 0 N–H and O–H groups in total. The van der Waals surface area contributed by atoms with Crippen molar-refractivity contribution in [3.63, 3.8) is 0 Å². The summed E-state index contributed by atoms with van der Waals surface area (Å²) >= 11 is 5.78. The summed E-state index contributed by atoms with van der Waals surface area (Å²) < 4.78 is 5.31. The third-order valence-corrected chi connectivity index (χ3v) is 3.22. The summed E-state index contributed by atoms with van der Waals surface area (Å²) in [7, 11) is 0. The number of carbonyl (C=O) groups excluding carboxylic acids is 1. The van der Waals surface area contributed by atoms with Crippen LogP contribution in [0.1, 0.15) is 25.3 Å². The van der Waals surface area contributed by atoms with E-state index in [1.807, 2.05) is 31.2 Å². The molecular weight excluding hydrogens is 236 g/mol. The molecule has 0 saturated heterocycles. The number of hydrogen-bond acceptors (Lipinski definition) is 2. The predicted molar refractivity (Wildman–Crippen MR) is 67.7 cm³/mol. The molecule has 2 nitrogen and oxygen atoms in total. The second-order valence-electron chi connectivity index (χ2n) is 4.36. The second kappa shape index (κ2) is 4.92. The van der Waals surface area contributed by atoms with Gasteiger partial charge in [0.15, 0.2) is 0 Å². The number of carbonyl (C=O) groups is 1. The first-order valence-corrected chi connectivity index (χ1v) is 6.10. The third-order valence-electron chi connectivity index (χ3n) is 2.96. The van der Waals surface area contributed by atoms with Crippen LogP contribution in [0.2, 0.25) is 5.02 Å². The van der Waals surface area contributed by atoms with E-state index in [0.717, 1.165) is 18.4 Å². The van der Waals surface area contributed by atoms with Crippen LogP contribution in [0.5, 0.6) is 0 Å². The Bertz CT molecular complexity index is 430. The maximum absolute atomic E-state index is 11.9. The van der Waals surface area contributed by atoms with Crippen LogP contribution in [0.3, 0.4) is 0 Å². The normalized spacial score (nSPS) is 17.1. The summed E-state index contributed by atoms with van der Waals surface area (Å²) in [5.74, 6) is -0.120. The summed E-state index contributed by atoms with van der Waals surface area (Å²) in [4.78, 5) is 11.9. The van der Waals surface area contributed by atoms with Crippen molar-refractivity contribution in [1.29, 1.82) is 0 Å². The average Bonchev–Trinajstić information content (AvgIpc) is 3.09. The molecule has 0 aromatic heterocycles. The zero-order valence-electron chi connectivity index (χ0n) is 9.78. The van der Waals surface area contributed by atoms with Crippen molar-refractivity contribution in [3.05, 3.63) is 47.0 Å². The topological polar surface area (TPSA) is 26.3 Å². The van der Waals surface area contributed by atoms with Crippen molar-refractivity contribution in [2.45, 2.75) is 26.4 Å². The lowest BCUT2D eigenvalue weighted by molar-refractivity contribution is -0.149. The minimum Gasteiger partial charge on any atom is -0.460 e. The number of halogens is 1. The van der Waals surface area contributed by atoms with Gasteiger partial charge in [-0.1, -0.05) is 35.9 Å². The molecule has 0 heterocycles. The number of benzene rings is 1. The first-order valence-electron chi connectivity index (χ1n) is 5.72. The third kappa shape index (κ3) is 2.89. The molecule has 1 saturated carbocycles. The van der Waals surface area contributed by atoms with Gasteiger partial charge in [0.2, 0.25) is 0 Å². The van der Waals surface area contributed by atoms with Crippen LogP contribution < -0.4 is 0 Å². The van der Waals surface area contributed by atoms with E-state index in [1.165, 1.54) is 0 Å². The molecule has 0 unspecified atom stereocenters. The number of hydrogen-bond donors (Lipinski definition) is 0. The molecule has 0 bridgehead atoms. The smallest absolute Gasteiger partial charge is 0.316 e. The van der Waals surface area contributed by atoms with Gasteiger partial charge >= 0.3 is 5.97 Å². The van der Waals surface area contributed by atoms with Crippen molar-refractivity contribution in [1.82, 2.24) is 0 Å². The maximum Gasteiger partial charge on any atom is 0.316 e. The summed E-state index contributed by atoms with van der Waals surface area (Å²) in [5, 5.41) is 0.688. The van der Waals surface area contributed by atoms with Crippen molar-refractivity contribution in [2.75, 3.05) is 0 Å². The highest BCUT2D eigenvalue weighted by atomic mass is 35.5. The van der Waals surface area contributed by atoms with Gasteiger partial charge in [-0.3, -0.25) is 4.79 Å². The Labute approximate surface area is 106 Å². The fourth-order valence-corrected chi connectivity index (χ4v) is 1.89. The Balaban J connectivity index is 1.90. The standard InChI is InChI=1S/C14H15ClO2/c1-2-7-14(8-9-14)13(16)17-10-11-3-5-12(15)6-4-11/h2-7H,8-10H2,1H3. The Kier molecular flexibility index (Phi) is 3.53. The molecule has 3 heteroatoms. The zero-order valence-corrected chi connectivity index (χ0v) is 10.5. The summed E-state index contributed by atoms with van der Waals surface area (Å²) in [6.07, 6.45) is 5.65. The van der Waals surface area contributed by atoms with Crippen LogP contribution in [0.15, 0.2) is 36.4 Å². The highest BCUT2D eigenvalue weighted by molar-refractivity contribution is 6.30. The quantitative estimate of drug-likeness (QED) is 0.601. The Morgan fingerprint density at radius 2 is 2.06 bits per heavy atom. The van der Waals surface area contributed by atoms with Gasteiger partial charge in [0.05, 0.1) is 5.41 Å². The van der Waals surface area contributed by atoms with E-state index in [-0.39, 0.29) is 11.4 Å². The van der Waals surface area contributed by atoms with E-state index in [4.69, 9.17) is 16.3 Å². The number of esters is 1. The predicted octanol–water partition coefficient (Wildman–Crippen LogP) is 3.74. The van der Waals surface area contributed by atoms with E-state index in [1.54, 1.807) is 12.1 Å². The van der Waals surface area contributed by atoms with E-state index in [2.05, 4.69) is 0 Å². The van der Waals surface area contributed by atoms with Gasteiger partial charge in [0, 0.05) is 5.02 Å². The Morgan fingerprint density at radius 1 is 1.41 bits per heavy atom. The van der Waals surface area contributed by atoms with Crippen molar-refractivity contribution >= 4 is 17.6 Å². The van der Waals surface area contributed by atoms with E-state index in [9.17, 15) is 4.79 Å². The SMILES string of the molecule is CC=CC1(C(=O)OCc2ccc(Cl)cc2)CC1. The molecule has 1 aliphatic rings. The van der Waals surface area contributed by atoms with Gasteiger partial charge in [-0.25, -0.2) is 0 Å². The van der Waals surface area contributed by atoms with Gasteiger partial charge in [-0.2, -0.15) is 0 Å². The molecule has 90 valence electrons.